The Morgan fingerprint density at radius 1 is 0.500 bits per heavy atom. The molecule has 0 aliphatic heterocycles. The molecule has 0 atom stereocenters. The molecule has 0 saturated carbocycles. The Bertz CT molecular complexity index is 329. The molecule has 0 aromatic carbocycles. The number of rotatable bonds is 9. The van der Waals surface area contributed by atoms with Crippen LogP contribution in [0, 0.1) is 0 Å². The van der Waals surface area contributed by atoms with Gasteiger partial charge in [-0.1, -0.05) is 46.6 Å². The molecule has 0 N–H and O–H groups in total. The Balaban J connectivity index is 3.86. The van der Waals surface area contributed by atoms with Gasteiger partial charge in [-0.2, -0.15) is 0 Å². The number of unbranched alkanes of at least 4 members (excludes halogenated alkanes) is 1. The lowest BCUT2D eigenvalue weighted by Crippen LogP contribution is -1.80. The Kier molecular flexibility index (Phi) is 11.1. The second kappa shape index (κ2) is 11.8. The molecule has 0 aliphatic carbocycles. The first-order chi connectivity index (χ1) is 9.41. The first kappa shape index (κ1) is 19.0. The fourth-order valence-electron chi connectivity index (χ4n) is 2.04. The molecule has 0 radical (unpaired) electrons. The maximum absolute atomic E-state index is 2.40. The van der Waals surface area contributed by atoms with E-state index in [-0.39, 0.29) is 0 Å². The summed E-state index contributed by atoms with van der Waals surface area (Å²) >= 11 is 0. The van der Waals surface area contributed by atoms with E-state index in [9.17, 15) is 0 Å². The Labute approximate surface area is 127 Å². The summed E-state index contributed by atoms with van der Waals surface area (Å²) in [7, 11) is 0. The highest BCUT2D eigenvalue weighted by Crippen LogP contribution is 2.11. The minimum absolute atomic E-state index is 1.18. The molecule has 0 saturated heterocycles. The summed E-state index contributed by atoms with van der Waals surface area (Å²) in [6, 6.07) is 0. The smallest absolute Gasteiger partial charge is 0.0288 e. The normalized spacial score (nSPS) is 12.3. The zero-order chi connectivity index (χ0) is 15.4. The zero-order valence-electron chi connectivity index (χ0n) is 14.6. The summed E-state index contributed by atoms with van der Waals surface area (Å²) in [5.74, 6) is 0. The van der Waals surface area contributed by atoms with Crippen LogP contribution in [0.5, 0.6) is 0 Å². The lowest BCUT2D eigenvalue weighted by molar-refractivity contribution is 0.916. The van der Waals surface area contributed by atoms with Gasteiger partial charge in [0.2, 0.25) is 0 Å². The summed E-state index contributed by atoms with van der Waals surface area (Å²) in [4.78, 5) is 0. The third kappa shape index (κ3) is 13.4. The van der Waals surface area contributed by atoms with Gasteiger partial charge in [0, 0.05) is 0 Å². The molecule has 0 aromatic rings. The second-order valence-corrected chi connectivity index (χ2v) is 6.32. The Morgan fingerprint density at radius 3 is 1.15 bits per heavy atom. The number of hydrogen-bond donors (Lipinski definition) is 0. The van der Waals surface area contributed by atoms with Crippen LogP contribution in [0.4, 0.5) is 0 Å². The minimum Gasteiger partial charge on any atom is -0.0856 e. The maximum Gasteiger partial charge on any atom is -0.0288 e. The van der Waals surface area contributed by atoms with E-state index in [1.165, 1.54) is 60.8 Å². The van der Waals surface area contributed by atoms with E-state index in [0.717, 1.165) is 0 Å². The van der Waals surface area contributed by atoms with Gasteiger partial charge >= 0.3 is 0 Å². The van der Waals surface area contributed by atoms with E-state index in [0.29, 0.717) is 0 Å². The van der Waals surface area contributed by atoms with Gasteiger partial charge in [-0.15, -0.1) is 0 Å². The molecule has 0 aromatic heterocycles. The molecular weight excluding hydrogens is 240 g/mol. The van der Waals surface area contributed by atoms with Gasteiger partial charge in [0.15, 0.2) is 0 Å². The number of allylic oxidation sites excluding steroid dienone is 8. The van der Waals surface area contributed by atoms with Gasteiger partial charge in [0.25, 0.3) is 0 Å². The van der Waals surface area contributed by atoms with Crippen LogP contribution in [0.1, 0.15) is 80.1 Å². The van der Waals surface area contributed by atoms with Crippen molar-refractivity contribution in [1.82, 2.24) is 0 Å². The van der Waals surface area contributed by atoms with E-state index in [2.05, 4.69) is 65.8 Å². The van der Waals surface area contributed by atoms with Crippen molar-refractivity contribution in [2.24, 2.45) is 0 Å². The summed E-state index contributed by atoms with van der Waals surface area (Å²) < 4.78 is 0. The third-order valence-electron chi connectivity index (χ3n) is 3.33. The van der Waals surface area contributed by atoms with Crippen molar-refractivity contribution in [3.8, 4) is 0 Å². The van der Waals surface area contributed by atoms with Crippen LogP contribution in [-0.4, -0.2) is 0 Å². The van der Waals surface area contributed by atoms with E-state index in [1.807, 2.05) is 0 Å². The molecule has 0 amide bonds. The predicted octanol–water partition coefficient (Wildman–Crippen LogP) is 7.15. The second-order valence-electron chi connectivity index (χ2n) is 6.32. The average Bonchev–Trinajstić information content (AvgIpc) is 2.33. The Morgan fingerprint density at radius 2 is 0.850 bits per heavy atom. The fourth-order valence-corrected chi connectivity index (χ4v) is 2.04. The van der Waals surface area contributed by atoms with Gasteiger partial charge in [-0.05, 0) is 80.1 Å². The molecule has 0 unspecified atom stereocenters. The lowest BCUT2D eigenvalue weighted by atomic mass is 10.1. The average molecular weight is 274 g/mol. The molecule has 0 fully saturated rings. The van der Waals surface area contributed by atoms with Crippen LogP contribution in [0.15, 0.2) is 46.6 Å². The van der Waals surface area contributed by atoms with Crippen LogP contribution in [-0.2, 0) is 0 Å². The topological polar surface area (TPSA) is 0 Å². The molecule has 0 bridgehead atoms. The summed E-state index contributed by atoms with van der Waals surface area (Å²) in [5, 5.41) is 0. The Hall–Kier alpha value is -1.04. The quantitative estimate of drug-likeness (QED) is 0.309. The predicted molar refractivity (Wildman–Crippen MR) is 94.1 cm³/mol. The first-order valence-electron chi connectivity index (χ1n) is 7.99. The molecular formula is C20H34. The van der Waals surface area contributed by atoms with E-state index < -0.39 is 0 Å². The van der Waals surface area contributed by atoms with Crippen LogP contribution in [0.2, 0.25) is 0 Å². The lowest BCUT2D eigenvalue weighted by Gasteiger charge is -2.00. The van der Waals surface area contributed by atoms with Crippen LogP contribution >= 0.6 is 0 Å². The minimum atomic E-state index is 1.18. The van der Waals surface area contributed by atoms with Crippen molar-refractivity contribution < 1.29 is 0 Å². The molecule has 0 heteroatoms. The molecule has 114 valence electrons. The monoisotopic (exact) mass is 274 g/mol. The van der Waals surface area contributed by atoms with Gasteiger partial charge in [0.1, 0.15) is 0 Å². The molecule has 0 rings (SSSR count). The van der Waals surface area contributed by atoms with Crippen LogP contribution in [0.25, 0.3) is 0 Å². The zero-order valence-corrected chi connectivity index (χ0v) is 14.6. The highest BCUT2D eigenvalue weighted by Gasteiger charge is 1.91. The SMILES string of the molecule is CC(C)=CCCC(C)=CCC/C=C(\C)CCC=C(C)C. The van der Waals surface area contributed by atoms with E-state index >= 15 is 0 Å². The van der Waals surface area contributed by atoms with Gasteiger partial charge < -0.3 is 0 Å². The molecule has 20 heavy (non-hydrogen) atoms. The maximum atomic E-state index is 2.40. The summed E-state index contributed by atoms with van der Waals surface area (Å²) in [6.07, 6.45) is 16.6. The van der Waals surface area contributed by atoms with E-state index in [1.54, 1.807) is 0 Å². The summed E-state index contributed by atoms with van der Waals surface area (Å²) in [5.41, 5.74) is 5.90. The van der Waals surface area contributed by atoms with Crippen LogP contribution < -0.4 is 0 Å². The number of hydrogen-bond acceptors (Lipinski definition) is 0. The van der Waals surface area contributed by atoms with Gasteiger partial charge in [0.05, 0.1) is 0 Å². The third-order valence-corrected chi connectivity index (χ3v) is 3.33. The van der Waals surface area contributed by atoms with Crippen molar-refractivity contribution in [3.63, 3.8) is 0 Å². The van der Waals surface area contributed by atoms with Crippen LogP contribution in [0.3, 0.4) is 0 Å². The van der Waals surface area contributed by atoms with Gasteiger partial charge in [-0.3, -0.25) is 0 Å². The molecule has 0 aliphatic rings. The molecule has 0 nitrogen and oxygen atoms in total. The summed E-state index contributed by atoms with van der Waals surface area (Å²) in [6.45, 7) is 13.2. The molecule has 0 heterocycles. The standard InChI is InChI=1S/C20H34/c1-17(2)11-9-15-19(5)13-7-8-14-20(6)16-10-12-18(3)4/h11-14H,7-10,15-16H2,1-6H3/b19-13+,20-14?. The van der Waals surface area contributed by atoms with Crippen molar-refractivity contribution in [2.75, 3.05) is 0 Å². The van der Waals surface area contributed by atoms with Crippen molar-refractivity contribution >= 4 is 0 Å². The first-order valence-corrected chi connectivity index (χ1v) is 7.99. The van der Waals surface area contributed by atoms with E-state index in [4.69, 9.17) is 0 Å². The highest BCUT2D eigenvalue weighted by atomic mass is 14.0. The highest BCUT2D eigenvalue weighted by molar-refractivity contribution is 5.05. The van der Waals surface area contributed by atoms with Gasteiger partial charge in [-0.25, -0.2) is 0 Å². The van der Waals surface area contributed by atoms with Crippen molar-refractivity contribution in [2.45, 2.75) is 80.1 Å². The van der Waals surface area contributed by atoms with Crippen molar-refractivity contribution in [3.05, 3.63) is 46.6 Å². The van der Waals surface area contributed by atoms with Crippen molar-refractivity contribution in [1.29, 1.82) is 0 Å². The fraction of sp³-hybridized carbons (Fsp3) is 0.600. The molecule has 0 spiro atoms. The largest absolute Gasteiger partial charge is 0.0856 e.